The zero-order valence-electron chi connectivity index (χ0n) is 71.8. The topological polar surface area (TPSA) is 714 Å². The Balaban J connectivity index is 6.80. The van der Waals surface area contributed by atoms with E-state index in [9.17, 15) is 96.8 Å². The molecule has 42 nitrogen and oxygen atoms in total. The van der Waals surface area contributed by atoms with Crippen LogP contribution in [0.2, 0.25) is 0 Å². The van der Waals surface area contributed by atoms with Crippen LogP contribution in [0.4, 0.5) is 0 Å². The molecular formula is C78H142N22O20. The van der Waals surface area contributed by atoms with Gasteiger partial charge in [-0.3, -0.25) is 86.7 Å². The molecule has 0 aromatic heterocycles. The quantitative estimate of drug-likeness (QED) is 0.0175. The van der Waals surface area contributed by atoms with E-state index >= 15 is 0 Å². The van der Waals surface area contributed by atoms with Crippen LogP contribution in [0.1, 0.15) is 255 Å². The molecule has 13 atom stereocenters. The summed E-state index contributed by atoms with van der Waals surface area (Å²) < 4.78 is 0. The molecule has 0 saturated heterocycles. The predicted molar refractivity (Wildman–Crippen MR) is 448 cm³/mol. The van der Waals surface area contributed by atoms with Gasteiger partial charge in [0, 0.05) is 38.9 Å². The zero-order chi connectivity index (χ0) is 91.1. The minimum atomic E-state index is -1.87. The minimum absolute atomic E-state index is 0.0164. The molecule has 0 aromatic rings. The Bertz CT molecular complexity index is 3340. The lowest BCUT2D eigenvalue weighted by Crippen LogP contribution is -2.61. The van der Waals surface area contributed by atoms with Crippen molar-refractivity contribution in [3.8, 4) is 0 Å². The Morgan fingerprint density at radius 1 is 0.333 bits per heavy atom. The van der Waals surface area contributed by atoms with Gasteiger partial charge in [-0.25, -0.2) is 4.79 Å². The average molecular weight is 1710 g/mol. The molecule has 684 valence electrons. The Kier molecular flexibility index (Phi) is 56.3. The molecule has 0 heterocycles. The van der Waals surface area contributed by atoms with Crippen molar-refractivity contribution >= 4 is 113 Å². The number of carbonyl (C=O) groups excluding carboxylic acids is 14. The molecule has 42 heteroatoms. The number of aliphatic imine (C=N–C) groups is 2. The number of nitrogens with two attached hydrogens (primary N) is 7. The fourth-order valence-electron chi connectivity index (χ4n) is 12.2. The normalized spacial score (nSPS) is 14.4. The largest absolute Gasteiger partial charge is 0.481 e. The molecule has 0 unspecified atom stereocenters. The molecule has 0 radical (unpaired) electrons. The van der Waals surface area contributed by atoms with E-state index in [1.54, 1.807) is 27.7 Å². The van der Waals surface area contributed by atoms with Crippen molar-refractivity contribution in [2.75, 3.05) is 26.2 Å². The summed E-state index contributed by atoms with van der Waals surface area (Å²) in [4.78, 5) is 236. The average Bonchev–Trinajstić information content (AvgIpc) is 0.856. The first-order valence-corrected chi connectivity index (χ1v) is 41.9. The second kappa shape index (κ2) is 61.7. The van der Waals surface area contributed by atoms with Gasteiger partial charge in [-0.1, -0.05) is 113 Å². The Morgan fingerprint density at radius 3 is 1.10 bits per heavy atom. The van der Waals surface area contributed by atoms with E-state index in [-0.39, 0.29) is 101 Å². The lowest BCUT2D eigenvalue weighted by atomic mass is 10.0. The summed E-state index contributed by atoms with van der Waals surface area (Å²) in [7, 11) is 0. The number of unbranched alkanes of at least 4 members (excludes halogenated alkanes) is 12. The predicted octanol–water partition coefficient (Wildman–Crippen LogP) is -2.15. The Morgan fingerprint density at radius 2 is 0.692 bits per heavy atom. The third kappa shape index (κ3) is 50.4. The Labute approximate surface area is 703 Å². The van der Waals surface area contributed by atoms with Gasteiger partial charge in [0.25, 0.3) is 0 Å². The maximum absolute atomic E-state index is 14.7. The number of carboxylic acids is 3. The van der Waals surface area contributed by atoms with Crippen LogP contribution in [0.25, 0.3) is 0 Å². The number of carboxylic acid groups (broad SMARTS) is 3. The van der Waals surface area contributed by atoms with Crippen molar-refractivity contribution in [3.05, 3.63) is 0 Å². The number of hydrogen-bond acceptors (Lipinski definition) is 21. The number of rotatable bonds is 67. The highest BCUT2D eigenvalue weighted by molar-refractivity contribution is 6.00. The molecule has 0 aliphatic rings. The summed E-state index contributed by atoms with van der Waals surface area (Å²) in [5.74, 6) is -19.3. The van der Waals surface area contributed by atoms with Crippen molar-refractivity contribution in [2.45, 2.75) is 334 Å². The van der Waals surface area contributed by atoms with Gasteiger partial charge in [-0.2, -0.15) is 0 Å². The molecule has 30 N–H and O–H groups in total. The van der Waals surface area contributed by atoms with E-state index < -0.39 is 211 Å². The summed E-state index contributed by atoms with van der Waals surface area (Å²) in [6.07, 6.45) is 11.4. The number of amides is 14. The minimum Gasteiger partial charge on any atom is -0.481 e. The first-order chi connectivity index (χ1) is 56.4. The van der Waals surface area contributed by atoms with Gasteiger partial charge in [-0.15, -0.1) is 0 Å². The summed E-state index contributed by atoms with van der Waals surface area (Å²) in [6.45, 7) is 16.2. The molecule has 120 heavy (non-hydrogen) atoms. The SMILES string of the molecule is CCCCCCCCCCCCCC(=O)NCCCC[C@H](N)C(=O)N[C@@H](CCCCN)C(=O)N[C@@H](C)C(=O)N[C@@H](CC(C)C)C(=O)N[C@@H](CCCN=C(N)N)C(=O)N[C@@H](CCCN=C(N)N)C(=O)N[C@@H](CCC(N)=O)C(=O)N[C@@H](CCC(=O)O)C(=O)N[C@@H](C)C(=O)N[C@H](C(=O)N[C@@H](CC(=O)O)C(=O)N[C@@H](C)C(=O)N[C@@H](CC(C)C)C(=O)O)C(C)C. The smallest absolute Gasteiger partial charge is 0.326 e. The molecule has 0 bridgehead atoms. The monoisotopic (exact) mass is 1710 g/mol. The van der Waals surface area contributed by atoms with Gasteiger partial charge in [0.2, 0.25) is 82.7 Å². The molecule has 14 amide bonds. The Hall–Kier alpha value is -10.5. The molecule has 0 saturated carbocycles. The standard InChI is InChI=1S/C78H142N22O20/c1-11-12-13-14-15-16-17-18-19-20-21-32-60(102)86-38-25-23-28-50(80)67(110)92-51(29-22-24-37-79)68(111)89-47(8)64(107)97-56(41-44(2)3)74(117)94-53(31-27-40-88-78(84)85)70(113)93-52(30-26-39-87-77(82)83)71(114)95-54(33-35-59(81)101)72(115)96-55(34-36-61(103)104)69(112)90-49(10)66(109)100-63(46(6)7)75(118)98-57(43-62(105)106)73(116)91-48(9)65(108)99-58(76(119)120)42-45(4)5/h44-58,63H,11-43,79-80H2,1-10H3,(H2,81,101)(H,86,102)(H,89,111)(H,90,112)(H,91,116)(H,92,110)(H,93,113)(H,94,117)(H,95,114)(H,96,115)(H,97,107)(H,98,118)(H,99,108)(H,100,109)(H,103,104)(H,105,106)(H,119,120)(H4,82,83,87)(H4,84,85,88)/t47-,48-,49-,50-,51-,52-,53-,54-,55-,56-,57-,58-,63-/m0/s1. The van der Waals surface area contributed by atoms with Crippen LogP contribution in [-0.4, -0.2) is 233 Å². The number of hydrogen-bond donors (Lipinski definition) is 23. The van der Waals surface area contributed by atoms with E-state index in [1.165, 1.54) is 79.1 Å². The fourth-order valence-corrected chi connectivity index (χ4v) is 12.2. The van der Waals surface area contributed by atoms with Crippen LogP contribution in [-0.2, 0) is 81.5 Å². The maximum Gasteiger partial charge on any atom is 0.326 e. The molecular weight excluding hydrogens is 1560 g/mol. The molecule has 0 spiro atoms. The number of carbonyl (C=O) groups is 17. The fraction of sp³-hybridized carbons (Fsp3) is 0.756. The van der Waals surface area contributed by atoms with Crippen LogP contribution in [0.15, 0.2) is 9.98 Å². The van der Waals surface area contributed by atoms with Gasteiger partial charge in [0.1, 0.15) is 72.5 Å². The molecule has 0 rings (SSSR count). The van der Waals surface area contributed by atoms with E-state index in [1.807, 2.05) is 0 Å². The third-order valence-electron chi connectivity index (χ3n) is 19.1. The number of aliphatic carboxylic acids is 3. The van der Waals surface area contributed by atoms with Crippen molar-refractivity contribution in [1.29, 1.82) is 0 Å². The van der Waals surface area contributed by atoms with Crippen LogP contribution in [0.5, 0.6) is 0 Å². The maximum atomic E-state index is 14.7. The van der Waals surface area contributed by atoms with Crippen LogP contribution >= 0.6 is 0 Å². The number of guanidine groups is 2. The van der Waals surface area contributed by atoms with Gasteiger partial charge >= 0.3 is 17.9 Å². The summed E-state index contributed by atoms with van der Waals surface area (Å²) in [5.41, 5.74) is 39.9. The third-order valence-corrected chi connectivity index (χ3v) is 19.1. The van der Waals surface area contributed by atoms with Crippen LogP contribution in [0.3, 0.4) is 0 Å². The van der Waals surface area contributed by atoms with E-state index in [4.69, 9.17) is 40.1 Å². The van der Waals surface area contributed by atoms with E-state index in [0.29, 0.717) is 38.6 Å². The molecule has 0 aliphatic heterocycles. The van der Waals surface area contributed by atoms with Gasteiger partial charge in [0.05, 0.1) is 12.5 Å². The van der Waals surface area contributed by atoms with Crippen LogP contribution in [0, 0.1) is 17.8 Å². The van der Waals surface area contributed by atoms with Crippen molar-refractivity contribution in [1.82, 2.24) is 69.1 Å². The van der Waals surface area contributed by atoms with Crippen molar-refractivity contribution in [2.24, 2.45) is 67.9 Å². The number of nitrogens with one attached hydrogen (secondary N) is 13. The summed E-state index contributed by atoms with van der Waals surface area (Å²) in [6, 6.07) is -19.6. The molecule has 0 aromatic carbocycles. The van der Waals surface area contributed by atoms with Crippen molar-refractivity contribution < 1.29 is 96.8 Å². The highest BCUT2D eigenvalue weighted by atomic mass is 16.4. The number of nitrogens with zero attached hydrogens (tertiary/aromatic N) is 2. The highest BCUT2D eigenvalue weighted by Gasteiger charge is 2.38. The lowest BCUT2D eigenvalue weighted by molar-refractivity contribution is -0.143. The van der Waals surface area contributed by atoms with E-state index in [2.05, 4.69) is 86.0 Å². The first kappa shape index (κ1) is 109. The summed E-state index contributed by atoms with van der Waals surface area (Å²) in [5, 5.41) is 61.3. The van der Waals surface area contributed by atoms with Gasteiger partial charge < -0.3 is 125 Å². The van der Waals surface area contributed by atoms with Gasteiger partial charge in [-0.05, 0) is 141 Å². The lowest BCUT2D eigenvalue weighted by Gasteiger charge is -2.28. The zero-order valence-corrected chi connectivity index (χ0v) is 71.8. The summed E-state index contributed by atoms with van der Waals surface area (Å²) >= 11 is 0. The molecule has 0 aliphatic carbocycles. The van der Waals surface area contributed by atoms with Gasteiger partial charge in [0.15, 0.2) is 11.9 Å². The highest BCUT2D eigenvalue weighted by Crippen LogP contribution is 2.16. The second-order valence-electron chi connectivity index (χ2n) is 31.5. The molecule has 0 fully saturated rings. The second-order valence-corrected chi connectivity index (χ2v) is 31.5. The van der Waals surface area contributed by atoms with E-state index in [0.717, 1.165) is 26.2 Å². The van der Waals surface area contributed by atoms with Crippen molar-refractivity contribution in [3.63, 3.8) is 0 Å². The van der Waals surface area contributed by atoms with Crippen LogP contribution < -0.4 is 109 Å². The number of primary amides is 1. The first-order valence-electron chi connectivity index (χ1n) is 41.9.